The van der Waals surface area contributed by atoms with Gasteiger partial charge in [0.25, 0.3) is 0 Å². The molecular weight excluding hydrogens is 377 g/mol. The Morgan fingerprint density at radius 3 is 2.59 bits per heavy atom. The van der Waals surface area contributed by atoms with Gasteiger partial charge in [-0.25, -0.2) is 4.39 Å². The smallest absolute Gasteiger partial charge is 0.303 e. The van der Waals surface area contributed by atoms with E-state index >= 15 is 0 Å². The van der Waals surface area contributed by atoms with Crippen molar-refractivity contribution in [1.29, 1.82) is 0 Å². The summed E-state index contributed by atoms with van der Waals surface area (Å²) in [6, 6.07) is 10.1. The minimum Gasteiger partial charge on any atom is -0.496 e. The molecule has 6 nitrogen and oxygen atoms in total. The van der Waals surface area contributed by atoms with Crippen molar-refractivity contribution in [3.63, 3.8) is 0 Å². The fourth-order valence-electron chi connectivity index (χ4n) is 3.17. The number of ether oxygens (including phenoxy) is 2. The van der Waals surface area contributed by atoms with Crippen LogP contribution in [0, 0.1) is 19.7 Å². The molecule has 0 aliphatic heterocycles. The van der Waals surface area contributed by atoms with Crippen LogP contribution in [0.2, 0.25) is 0 Å². The van der Waals surface area contributed by atoms with E-state index in [9.17, 15) is 9.18 Å². The Bertz CT molecular complexity index is 1010. The average Bonchev–Trinajstić information content (AvgIpc) is 3.03. The largest absolute Gasteiger partial charge is 0.496 e. The van der Waals surface area contributed by atoms with Crippen LogP contribution in [0.25, 0.3) is 11.1 Å². The first-order valence-electron chi connectivity index (χ1n) is 9.12. The molecule has 2 aromatic carbocycles. The lowest BCUT2D eigenvalue weighted by molar-refractivity contribution is -0.136. The number of halogens is 1. The minimum atomic E-state index is -0.963. The predicted octanol–water partition coefficient (Wildman–Crippen LogP) is 4.70. The lowest BCUT2D eigenvalue weighted by atomic mass is 10.0. The molecule has 0 bridgehead atoms. The van der Waals surface area contributed by atoms with Gasteiger partial charge in [0.15, 0.2) is 0 Å². The summed E-state index contributed by atoms with van der Waals surface area (Å²) in [6.45, 7) is 3.90. The van der Waals surface area contributed by atoms with Crippen molar-refractivity contribution in [3.8, 4) is 22.6 Å². The number of hydrogen-bond donors (Lipinski definition) is 1. The zero-order chi connectivity index (χ0) is 21.0. The van der Waals surface area contributed by atoms with Crippen molar-refractivity contribution in [2.75, 3.05) is 7.11 Å². The lowest BCUT2D eigenvalue weighted by Gasteiger charge is -2.13. The molecule has 0 atom stereocenters. The van der Waals surface area contributed by atoms with Gasteiger partial charge in [-0.3, -0.25) is 4.79 Å². The van der Waals surface area contributed by atoms with Gasteiger partial charge in [0.05, 0.1) is 12.8 Å². The molecule has 152 valence electrons. The zero-order valence-corrected chi connectivity index (χ0v) is 16.5. The van der Waals surface area contributed by atoms with Crippen LogP contribution in [0.15, 0.2) is 40.9 Å². The highest BCUT2D eigenvalue weighted by Gasteiger charge is 2.14. The molecule has 0 radical (unpaired) electrons. The number of aromatic nitrogens is 1. The van der Waals surface area contributed by atoms with Gasteiger partial charge in [-0.2, -0.15) is 0 Å². The van der Waals surface area contributed by atoms with E-state index in [1.807, 2.05) is 32.0 Å². The summed E-state index contributed by atoms with van der Waals surface area (Å²) in [5, 5.41) is 12.7. The van der Waals surface area contributed by atoms with Gasteiger partial charge in [0, 0.05) is 23.6 Å². The van der Waals surface area contributed by atoms with Crippen molar-refractivity contribution in [3.05, 3.63) is 64.8 Å². The number of aryl methyl sites for hydroxylation is 3. The van der Waals surface area contributed by atoms with E-state index in [0.29, 0.717) is 17.1 Å². The molecule has 0 unspecified atom stereocenters. The molecule has 0 amide bonds. The highest BCUT2D eigenvalue weighted by molar-refractivity contribution is 5.69. The molecule has 0 saturated heterocycles. The summed E-state index contributed by atoms with van der Waals surface area (Å²) < 4.78 is 30.6. The summed E-state index contributed by atoms with van der Waals surface area (Å²) in [7, 11) is 1.57. The molecule has 1 heterocycles. The molecule has 29 heavy (non-hydrogen) atoms. The first kappa shape index (κ1) is 20.4. The number of benzene rings is 2. The quantitative estimate of drug-likeness (QED) is 0.591. The maximum absolute atomic E-state index is 14.2. The fraction of sp³-hybridized carbons (Fsp3) is 0.273. The van der Waals surface area contributed by atoms with Crippen LogP contribution in [0.4, 0.5) is 4.39 Å². The highest BCUT2D eigenvalue weighted by Crippen LogP contribution is 2.31. The molecule has 0 saturated carbocycles. The van der Waals surface area contributed by atoms with Gasteiger partial charge >= 0.3 is 5.97 Å². The van der Waals surface area contributed by atoms with E-state index in [4.69, 9.17) is 19.1 Å². The Hall–Kier alpha value is -3.35. The number of hydrogen-bond acceptors (Lipinski definition) is 5. The lowest BCUT2D eigenvalue weighted by Crippen LogP contribution is -2.02. The molecule has 7 heteroatoms. The summed E-state index contributed by atoms with van der Waals surface area (Å²) in [4.78, 5) is 10.7. The van der Waals surface area contributed by atoms with Crippen LogP contribution in [-0.4, -0.2) is 23.3 Å². The Morgan fingerprint density at radius 2 is 1.97 bits per heavy atom. The number of carboxylic acid groups (broad SMARTS) is 1. The van der Waals surface area contributed by atoms with Gasteiger partial charge in [0.2, 0.25) is 0 Å². The first-order chi connectivity index (χ1) is 13.9. The second-order valence-corrected chi connectivity index (χ2v) is 6.66. The molecule has 0 spiro atoms. The van der Waals surface area contributed by atoms with E-state index in [0.717, 1.165) is 28.1 Å². The van der Waals surface area contributed by atoms with E-state index in [1.54, 1.807) is 19.2 Å². The maximum Gasteiger partial charge on any atom is 0.303 e. The average molecular weight is 399 g/mol. The molecule has 1 N–H and O–H groups in total. The fourth-order valence-corrected chi connectivity index (χ4v) is 3.17. The van der Waals surface area contributed by atoms with E-state index in [2.05, 4.69) is 5.16 Å². The molecule has 3 rings (SSSR count). The summed E-state index contributed by atoms with van der Waals surface area (Å²) in [5.41, 5.74) is 3.77. The third-order valence-electron chi connectivity index (χ3n) is 4.63. The van der Waals surface area contributed by atoms with Crippen LogP contribution in [-0.2, 0) is 17.8 Å². The van der Waals surface area contributed by atoms with Gasteiger partial charge < -0.3 is 19.1 Å². The number of rotatable bonds is 8. The summed E-state index contributed by atoms with van der Waals surface area (Å²) in [6.07, 6.45) is 0.0115. The molecule has 0 fully saturated rings. The van der Waals surface area contributed by atoms with Crippen LogP contribution >= 0.6 is 0 Å². The maximum atomic E-state index is 14.2. The summed E-state index contributed by atoms with van der Waals surface area (Å²) in [5.74, 6) is 0.277. The molecule has 1 aromatic heterocycles. The number of nitrogens with zero attached hydrogens (tertiary/aromatic N) is 1. The van der Waals surface area contributed by atoms with Crippen molar-refractivity contribution in [2.24, 2.45) is 0 Å². The monoisotopic (exact) mass is 399 g/mol. The Kier molecular flexibility index (Phi) is 6.16. The Morgan fingerprint density at radius 1 is 1.17 bits per heavy atom. The predicted molar refractivity (Wildman–Crippen MR) is 105 cm³/mol. The van der Waals surface area contributed by atoms with Crippen LogP contribution in [0.1, 0.15) is 29.0 Å². The molecule has 0 aliphatic carbocycles. The normalized spacial score (nSPS) is 10.8. The topological polar surface area (TPSA) is 81.8 Å². The molecule has 3 aromatic rings. The van der Waals surface area contributed by atoms with Crippen LogP contribution < -0.4 is 9.47 Å². The first-order valence-corrected chi connectivity index (χ1v) is 9.12. The second kappa shape index (κ2) is 8.77. The SMILES string of the molecule is COc1ccc(-c2c(C)noc2C)cc1COc1ccc(CCC(=O)O)c(F)c1. The minimum absolute atomic E-state index is 0.122. The Balaban J connectivity index is 1.78. The van der Waals surface area contributed by atoms with Crippen molar-refractivity contribution in [1.82, 2.24) is 5.16 Å². The van der Waals surface area contributed by atoms with E-state index in [-0.39, 0.29) is 19.4 Å². The van der Waals surface area contributed by atoms with Gasteiger partial charge in [-0.1, -0.05) is 17.3 Å². The zero-order valence-electron chi connectivity index (χ0n) is 16.5. The standard InChI is InChI=1S/C22H22FNO5/c1-13-22(14(2)29-24-13)16-5-8-20(27-3)17(10-16)12-28-18-7-4-15(19(23)11-18)6-9-21(25)26/h4-5,7-8,10-11H,6,9,12H2,1-3H3,(H,25,26). The van der Waals surface area contributed by atoms with E-state index in [1.165, 1.54) is 6.07 Å². The Labute approximate surface area is 167 Å². The second-order valence-electron chi connectivity index (χ2n) is 6.66. The molecule has 0 aliphatic rings. The number of carbonyl (C=O) groups is 1. The summed E-state index contributed by atoms with van der Waals surface area (Å²) >= 11 is 0. The van der Waals surface area contributed by atoms with Crippen molar-refractivity contribution >= 4 is 5.97 Å². The van der Waals surface area contributed by atoms with Gasteiger partial charge in [-0.15, -0.1) is 0 Å². The van der Waals surface area contributed by atoms with Gasteiger partial charge in [-0.05, 0) is 49.6 Å². The number of carboxylic acids is 1. The highest BCUT2D eigenvalue weighted by atomic mass is 19.1. The third-order valence-corrected chi connectivity index (χ3v) is 4.63. The number of methoxy groups -OCH3 is 1. The van der Waals surface area contributed by atoms with Gasteiger partial charge in [0.1, 0.15) is 29.7 Å². The van der Waals surface area contributed by atoms with Crippen molar-refractivity contribution < 1.29 is 28.3 Å². The van der Waals surface area contributed by atoms with Crippen LogP contribution in [0.3, 0.4) is 0 Å². The number of aliphatic carboxylic acids is 1. The van der Waals surface area contributed by atoms with Crippen molar-refractivity contribution in [2.45, 2.75) is 33.3 Å². The van der Waals surface area contributed by atoms with Crippen LogP contribution in [0.5, 0.6) is 11.5 Å². The molecular formula is C22H22FNO5. The van der Waals surface area contributed by atoms with E-state index < -0.39 is 11.8 Å². The third kappa shape index (κ3) is 4.74.